The van der Waals surface area contributed by atoms with Crippen LogP contribution < -0.4 is 10.6 Å². The van der Waals surface area contributed by atoms with Crippen LogP contribution in [0.3, 0.4) is 0 Å². The fourth-order valence-corrected chi connectivity index (χ4v) is 4.52. The molecule has 4 rings (SSSR count). The van der Waals surface area contributed by atoms with Gasteiger partial charge in [0.1, 0.15) is 5.76 Å². The highest BCUT2D eigenvalue weighted by molar-refractivity contribution is 14.0. The zero-order valence-corrected chi connectivity index (χ0v) is 21.5. The third-order valence-corrected chi connectivity index (χ3v) is 6.50. The Hall–Kier alpha value is -1.49. The molecule has 2 aliphatic heterocycles. The smallest absolute Gasteiger partial charge is 0.409 e. The SMILES string of the molecule is CCOC(=O)N1CCC(NC(=NCCc2ccco2)NC2CCN(C3CC3)CC2)CC1.I. The lowest BCUT2D eigenvalue weighted by Crippen LogP contribution is -2.53. The van der Waals surface area contributed by atoms with Crippen molar-refractivity contribution < 1.29 is 13.9 Å². The number of aliphatic imine (C=N–C) groups is 1. The van der Waals surface area contributed by atoms with Gasteiger partial charge in [-0.3, -0.25) is 4.99 Å². The van der Waals surface area contributed by atoms with Gasteiger partial charge in [0.25, 0.3) is 0 Å². The number of amides is 1. The molecule has 0 bridgehead atoms. The molecule has 3 heterocycles. The van der Waals surface area contributed by atoms with Crippen molar-refractivity contribution in [1.82, 2.24) is 20.4 Å². The van der Waals surface area contributed by atoms with E-state index in [4.69, 9.17) is 14.1 Å². The number of carbonyl (C=O) groups is 1. The van der Waals surface area contributed by atoms with Gasteiger partial charge in [0.05, 0.1) is 12.9 Å². The first-order valence-electron chi connectivity index (χ1n) is 12.0. The topological polar surface area (TPSA) is 82.3 Å². The van der Waals surface area contributed by atoms with Crippen molar-refractivity contribution in [2.75, 3.05) is 39.3 Å². The van der Waals surface area contributed by atoms with Crippen molar-refractivity contribution in [3.63, 3.8) is 0 Å². The van der Waals surface area contributed by atoms with Crippen molar-refractivity contribution in [1.29, 1.82) is 0 Å². The Morgan fingerprint density at radius 2 is 1.75 bits per heavy atom. The number of nitrogens with zero attached hydrogens (tertiary/aromatic N) is 3. The summed E-state index contributed by atoms with van der Waals surface area (Å²) in [6.07, 6.45) is 9.19. The number of nitrogens with one attached hydrogen (secondary N) is 2. The second-order valence-electron chi connectivity index (χ2n) is 8.85. The van der Waals surface area contributed by atoms with Crippen LogP contribution in [0.15, 0.2) is 27.8 Å². The number of carbonyl (C=O) groups excluding carboxylic acids is 1. The quantitative estimate of drug-likeness (QED) is 0.304. The van der Waals surface area contributed by atoms with Crippen molar-refractivity contribution >= 4 is 36.0 Å². The van der Waals surface area contributed by atoms with Gasteiger partial charge in [-0.05, 0) is 57.6 Å². The van der Waals surface area contributed by atoms with Crippen LogP contribution in [0.5, 0.6) is 0 Å². The van der Waals surface area contributed by atoms with Gasteiger partial charge in [-0.1, -0.05) is 0 Å². The maximum absolute atomic E-state index is 12.0. The number of ether oxygens (including phenoxy) is 1. The first-order valence-corrected chi connectivity index (χ1v) is 12.0. The van der Waals surface area contributed by atoms with Gasteiger partial charge in [0.2, 0.25) is 0 Å². The van der Waals surface area contributed by atoms with Crippen molar-refractivity contribution in [3.8, 4) is 0 Å². The average Bonchev–Trinajstić information content (AvgIpc) is 3.51. The summed E-state index contributed by atoms with van der Waals surface area (Å²) in [6.45, 7) is 6.75. The molecule has 0 atom stereocenters. The third kappa shape index (κ3) is 7.54. The molecule has 0 aromatic carbocycles. The lowest BCUT2D eigenvalue weighted by molar-refractivity contribution is 0.0962. The zero-order valence-electron chi connectivity index (χ0n) is 19.1. The van der Waals surface area contributed by atoms with Gasteiger partial charge in [-0.2, -0.15) is 0 Å². The van der Waals surface area contributed by atoms with Crippen LogP contribution in [0.1, 0.15) is 51.2 Å². The minimum Gasteiger partial charge on any atom is -0.469 e. The Morgan fingerprint density at radius 1 is 1.09 bits per heavy atom. The summed E-state index contributed by atoms with van der Waals surface area (Å²) in [7, 11) is 0. The number of piperidine rings is 2. The van der Waals surface area contributed by atoms with Crippen LogP contribution in [-0.4, -0.2) is 79.3 Å². The van der Waals surface area contributed by atoms with Gasteiger partial charge in [-0.15, -0.1) is 24.0 Å². The highest BCUT2D eigenvalue weighted by Crippen LogP contribution is 2.29. The largest absolute Gasteiger partial charge is 0.469 e. The first kappa shape index (κ1) is 25.1. The van der Waals surface area contributed by atoms with Crippen LogP contribution in [0.2, 0.25) is 0 Å². The molecule has 1 saturated carbocycles. The minimum absolute atomic E-state index is 0. The molecule has 8 nitrogen and oxygen atoms in total. The van der Waals surface area contributed by atoms with Gasteiger partial charge < -0.3 is 29.6 Å². The molecule has 0 unspecified atom stereocenters. The second-order valence-corrected chi connectivity index (χ2v) is 8.85. The van der Waals surface area contributed by atoms with Crippen molar-refractivity contribution in [3.05, 3.63) is 24.2 Å². The predicted molar refractivity (Wildman–Crippen MR) is 136 cm³/mol. The molecule has 2 N–H and O–H groups in total. The molecular formula is C23H38IN5O3. The number of rotatable bonds is 7. The van der Waals surface area contributed by atoms with E-state index in [1.807, 2.05) is 19.1 Å². The maximum atomic E-state index is 12.0. The summed E-state index contributed by atoms with van der Waals surface area (Å²) in [4.78, 5) is 21.3. The van der Waals surface area contributed by atoms with Gasteiger partial charge in [-0.25, -0.2) is 4.79 Å². The molecule has 1 aliphatic carbocycles. The van der Waals surface area contributed by atoms with E-state index < -0.39 is 0 Å². The summed E-state index contributed by atoms with van der Waals surface area (Å²) in [5, 5.41) is 7.33. The lowest BCUT2D eigenvalue weighted by atomic mass is 10.0. The maximum Gasteiger partial charge on any atom is 0.409 e. The van der Waals surface area contributed by atoms with E-state index >= 15 is 0 Å². The Bertz CT molecular complexity index is 709. The predicted octanol–water partition coefficient (Wildman–Crippen LogP) is 3.22. The molecule has 0 spiro atoms. The second kappa shape index (κ2) is 12.7. The number of furan rings is 1. The average molecular weight is 559 g/mol. The van der Waals surface area contributed by atoms with E-state index in [1.54, 1.807) is 11.2 Å². The van der Waals surface area contributed by atoms with E-state index in [0.717, 1.165) is 63.0 Å². The normalized spacial score (nSPS) is 21.2. The number of hydrogen-bond acceptors (Lipinski definition) is 5. The Balaban J connectivity index is 0.00000289. The lowest BCUT2D eigenvalue weighted by Gasteiger charge is -2.35. The molecule has 2 saturated heterocycles. The summed E-state index contributed by atoms with van der Waals surface area (Å²) in [6, 6.07) is 5.54. The number of hydrogen-bond donors (Lipinski definition) is 2. The highest BCUT2D eigenvalue weighted by atomic mass is 127. The van der Waals surface area contributed by atoms with Crippen LogP contribution in [0, 0.1) is 0 Å². The molecule has 1 aromatic rings. The monoisotopic (exact) mass is 559 g/mol. The van der Waals surface area contributed by atoms with Crippen LogP contribution >= 0.6 is 24.0 Å². The van der Waals surface area contributed by atoms with E-state index in [0.29, 0.717) is 25.2 Å². The van der Waals surface area contributed by atoms with E-state index in [-0.39, 0.29) is 30.1 Å². The summed E-state index contributed by atoms with van der Waals surface area (Å²) in [5.41, 5.74) is 0. The van der Waals surface area contributed by atoms with E-state index in [1.165, 1.54) is 25.9 Å². The molecular weight excluding hydrogens is 521 g/mol. The number of likely N-dealkylation sites (tertiary alicyclic amines) is 2. The summed E-state index contributed by atoms with van der Waals surface area (Å²) >= 11 is 0. The Kier molecular flexibility index (Phi) is 9.95. The van der Waals surface area contributed by atoms with Crippen molar-refractivity contribution in [2.45, 2.75) is 70.0 Å². The molecule has 1 aromatic heterocycles. The van der Waals surface area contributed by atoms with E-state index in [2.05, 4.69) is 15.5 Å². The van der Waals surface area contributed by atoms with E-state index in [9.17, 15) is 4.79 Å². The molecule has 180 valence electrons. The summed E-state index contributed by atoms with van der Waals surface area (Å²) in [5.74, 6) is 1.86. The molecule has 0 radical (unpaired) electrons. The third-order valence-electron chi connectivity index (χ3n) is 6.50. The van der Waals surface area contributed by atoms with Gasteiger partial charge >= 0.3 is 6.09 Å². The Morgan fingerprint density at radius 3 is 2.31 bits per heavy atom. The highest BCUT2D eigenvalue weighted by Gasteiger charge is 2.32. The van der Waals surface area contributed by atoms with Crippen molar-refractivity contribution in [2.24, 2.45) is 4.99 Å². The van der Waals surface area contributed by atoms with Crippen LogP contribution in [0.25, 0.3) is 0 Å². The number of guanidine groups is 1. The number of halogens is 1. The molecule has 9 heteroatoms. The fraction of sp³-hybridized carbons (Fsp3) is 0.739. The molecule has 3 aliphatic rings. The minimum atomic E-state index is -0.200. The Labute approximate surface area is 208 Å². The van der Waals surface area contributed by atoms with Crippen LogP contribution in [-0.2, 0) is 11.2 Å². The van der Waals surface area contributed by atoms with Crippen LogP contribution in [0.4, 0.5) is 4.79 Å². The molecule has 3 fully saturated rings. The fourth-order valence-electron chi connectivity index (χ4n) is 4.52. The van der Waals surface area contributed by atoms with Gasteiger partial charge in [0, 0.05) is 57.3 Å². The standard InChI is InChI=1S/C23H37N5O3.HI/c1-2-30-23(29)28-15-10-19(11-16-28)26-22(24-12-7-21-4-3-17-31-21)25-18-8-13-27(14-9-18)20-5-6-20;/h3-4,17-20H,2,5-16H2,1H3,(H2,24,25,26);1H. The summed E-state index contributed by atoms with van der Waals surface area (Å²) < 4.78 is 10.6. The van der Waals surface area contributed by atoms with Gasteiger partial charge in [0.15, 0.2) is 5.96 Å². The first-order chi connectivity index (χ1) is 15.2. The zero-order chi connectivity index (χ0) is 21.5. The molecule has 1 amide bonds. The molecule has 32 heavy (non-hydrogen) atoms.